The fourth-order valence-corrected chi connectivity index (χ4v) is 1.44. The van der Waals surface area contributed by atoms with Gasteiger partial charge in [-0.05, 0) is 38.1 Å². The molecule has 1 fully saturated rings. The van der Waals surface area contributed by atoms with Gasteiger partial charge in [-0.2, -0.15) is 0 Å². The van der Waals surface area contributed by atoms with Crippen molar-refractivity contribution >= 4 is 11.0 Å². The van der Waals surface area contributed by atoms with Gasteiger partial charge in [-0.25, -0.2) is 0 Å². The van der Waals surface area contributed by atoms with Crippen LogP contribution in [0.3, 0.4) is 0 Å². The molecule has 1 aromatic carbocycles. The maximum atomic E-state index is 4.87. The molecule has 2 heterocycles. The van der Waals surface area contributed by atoms with Gasteiger partial charge in [0.1, 0.15) is 0 Å². The van der Waals surface area contributed by atoms with Crippen LogP contribution < -0.4 is 5.32 Å². The topological polar surface area (TPSA) is 38.1 Å². The van der Waals surface area contributed by atoms with E-state index in [1.165, 1.54) is 25.9 Å². The first-order valence-corrected chi connectivity index (χ1v) is 4.97. The Kier molecular flexibility index (Phi) is 3.14. The third kappa shape index (κ3) is 2.33. The Morgan fingerprint density at radius 1 is 1.14 bits per heavy atom. The van der Waals surface area contributed by atoms with Gasteiger partial charge in [0, 0.05) is 5.39 Å². The van der Waals surface area contributed by atoms with Gasteiger partial charge in [0.2, 0.25) is 0 Å². The first kappa shape index (κ1) is 9.21. The second kappa shape index (κ2) is 4.77. The maximum Gasteiger partial charge on any atom is 0.166 e. The average molecular weight is 190 g/mol. The molecule has 3 nitrogen and oxygen atoms in total. The summed E-state index contributed by atoms with van der Waals surface area (Å²) in [5, 5.41) is 7.90. The zero-order valence-corrected chi connectivity index (χ0v) is 8.07. The number of nitrogens with one attached hydrogen (secondary N) is 1. The average Bonchev–Trinajstić information content (AvgIpc) is 2.92. The van der Waals surface area contributed by atoms with Crippen LogP contribution in [0.2, 0.25) is 0 Å². The molecular weight excluding hydrogens is 176 g/mol. The number of rotatable bonds is 0. The smallest absolute Gasteiger partial charge is 0.166 e. The van der Waals surface area contributed by atoms with Crippen LogP contribution in [-0.2, 0) is 0 Å². The van der Waals surface area contributed by atoms with Crippen molar-refractivity contribution in [2.45, 2.75) is 12.8 Å². The third-order valence-electron chi connectivity index (χ3n) is 2.22. The van der Waals surface area contributed by atoms with Gasteiger partial charge in [0.25, 0.3) is 0 Å². The van der Waals surface area contributed by atoms with Gasteiger partial charge in [-0.1, -0.05) is 17.3 Å². The van der Waals surface area contributed by atoms with Crippen LogP contribution >= 0.6 is 0 Å². The van der Waals surface area contributed by atoms with Crippen LogP contribution in [0, 0.1) is 0 Å². The fourth-order valence-electron chi connectivity index (χ4n) is 1.44. The van der Waals surface area contributed by atoms with Gasteiger partial charge < -0.3 is 9.84 Å². The molecule has 1 aromatic heterocycles. The molecule has 2 aromatic rings. The lowest BCUT2D eigenvalue weighted by molar-refractivity contribution is 0.456. The van der Waals surface area contributed by atoms with Crippen molar-refractivity contribution in [1.82, 2.24) is 10.5 Å². The highest BCUT2D eigenvalue weighted by molar-refractivity contribution is 5.75. The second-order valence-electron chi connectivity index (χ2n) is 3.32. The SMILES string of the molecule is C1CCNC1.c1ccc2oncc2c1. The predicted molar refractivity (Wildman–Crippen MR) is 56.1 cm³/mol. The quantitative estimate of drug-likeness (QED) is 0.692. The van der Waals surface area contributed by atoms with Gasteiger partial charge in [0.15, 0.2) is 5.58 Å². The Labute approximate surface area is 83.1 Å². The fraction of sp³-hybridized carbons (Fsp3) is 0.364. The number of fused-ring (bicyclic) bond motifs is 1. The number of para-hydroxylation sites is 1. The molecule has 0 spiro atoms. The highest BCUT2D eigenvalue weighted by Crippen LogP contribution is 2.10. The molecule has 0 saturated carbocycles. The Morgan fingerprint density at radius 2 is 1.93 bits per heavy atom. The molecule has 74 valence electrons. The normalized spacial score (nSPS) is 15.1. The maximum absolute atomic E-state index is 4.87. The number of hydrogen-bond acceptors (Lipinski definition) is 3. The van der Waals surface area contributed by atoms with Crippen LogP contribution in [-0.4, -0.2) is 18.2 Å². The van der Waals surface area contributed by atoms with E-state index in [0.29, 0.717) is 0 Å². The predicted octanol–water partition coefficient (Wildman–Crippen LogP) is 2.20. The Morgan fingerprint density at radius 3 is 2.57 bits per heavy atom. The van der Waals surface area contributed by atoms with Crippen molar-refractivity contribution in [2.24, 2.45) is 0 Å². The monoisotopic (exact) mass is 190 g/mol. The van der Waals surface area contributed by atoms with E-state index in [4.69, 9.17) is 4.52 Å². The standard InChI is InChI=1S/C7H5NO.C4H9N/c1-2-4-7-6(3-1)5-8-9-7;1-2-4-5-3-1/h1-5H;5H,1-4H2. The molecule has 14 heavy (non-hydrogen) atoms. The summed E-state index contributed by atoms with van der Waals surface area (Å²) in [4.78, 5) is 0. The second-order valence-corrected chi connectivity index (χ2v) is 3.32. The number of hydrogen-bond donors (Lipinski definition) is 1. The summed E-state index contributed by atoms with van der Waals surface area (Å²) in [6, 6.07) is 7.74. The van der Waals surface area contributed by atoms with Crippen molar-refractivity contribution < 1.29 is 4.52 Å². The number of benzene rings is 1. The molecule has 1 aliphatic rings. The molecule has 0 bridgehead atoms. The Balaban J connectivity index is 0.000000128. The number of nitrogens with zero attached hydrogens (tertiary/aromatic N) is 1. The molecular formula is C11H14N2O. The van der Waals surface area contributed by atoms with Crippen LogP contribution in [0.5, 0.6) is 0 Å². The van der Waals surface area contributed by atoms with E-state index >= 15 is 0 Å². The lowest BCUT2D eigenvalue weighted by Gasteiger charge is -1.78. The summed E-state index contributed by atoms with van der Waals surface area (Å²) in [5.74, 6) is 0. The minimum Gasteiger partial charge on any atom is -0.356 e. The molecule has 0 aliphatic carbocycles. The summed E-state index contributed by atoms with van der Waals surface area (Å²) in [7, 11) is 0. The first-order chi connectivity index (χ1) is 6.97. The van der Waals surface area contributed by atoms with Gasteiger partial charge in [-0.3, -0.25) is 0 Å². The molecule has 1 aliphatic heterocycles. The van der Waals surface area contributed by atoms with E-state index < -0.39 is 0 Å². The van der Waals surface area contributed by atoms with Crippen LogP contribution in [0.25, 0.3) is 11.0 Å². The van der Waals surface area contributed by atoms with Crippen LogP contribution in [0.15, 0.2) is 35.0 Å². The Bertz CT molecular complexity index is 342. The van der Waals surface area contributed by atoms with Crippen molar-refractivity contribution in [2.75, 3.05) is 13.1 Å². The molecule has 0 unspecified atom stereocenters. The zero-order chi connectivity index (χ0) is 9.64. The Hall–Kier alpha value is -1.35. The first-order valence-electron chi connectivity index (χ1n) is 4.97. The van der Waals surface area contributed by atoms with E-state index in [1.807, 2.05) is 24.3 Å². The van der Waals surface area contributed by atoms with Crippen LogP contribution in [0.1, 0.15) is 12.8 Å². The zero-order valence-electron chi connectivity index (χ0n) is 8.07. The van der Waals surface area contributed by atoms with Gasteiger partial charge in [-0.15, -0.1) is 0 Å². The van der Waals surface area contributed by atoms with E-state index in [1.54, 1.807) is 6.20 Å². The van der Waals surface area contributed by atoms with Crippen molar-refractivity contribution in [3.63, 3.8) is 0 Å². The van der Waals surface area contributed by atoms with Crippen molar-refractivity contribution in [1.29, 1.82) is 0 Å². The summed E-state index contributed by atoms with van der Waals surface area (Å²) in [6.07, 6.45) is 4.48. The lowest BCUT2D eigenvalue weighted by atomic mass is 10.3. The van der Waals surface area contributed by atoms with E-state index in [0.717, 1.165) is 11.0 Å². The van der Waals surface area contributed by atoms with E-state index in [2.05, 4.69) is 10.5 Å². The van der Waals surface area contributed by atoms with Crippen molar-refractivity contribution in [3.05, 3.63) is 30.5 Å². The summed E-state index contributed by atoms with van der Waals surface area (Å²) in [5.41, 5.74) is 0.845. The minimum absolute atomic E-state index is 0.845. The molecule has 1 saturated heterocycles. The number of aromatic nitrogens is 1. The molecule has 0 amide bonds. The molecule has 3 heteroatoms. The summed E-state index contributed by atoms with van der Waals surface area (Å²) < 4.78 is 4.87. The highest BCUT2D eigenvalue weighted by atomic mass is 16.5. The molecule has 1 N–H and O–H groups in total. The van der Waals surface area contributed by atoms with Gasteiger partial charge >= 0.3 is 0 Å². The minimum atomic E-state index is 0.845. The summed E-state index contributed by atoms with van der Waals surface area (Å²) in [6.45, 7) is 2.50. The highest BCUT2D eigenvalue weighted by Gasteiger charge is 1.93. The van der Waals surface area contributed by atoms with E-state index in [-0.39, 0.29) is 0 Å². The third-order valence-corrected chi connectivity index (χ3v) is 2.22. The van der Waals surface area contributed by atoms with Gasteiger partial charge in [0.05, 0.1) is 6.20 Å². The van der Waals surface area contributed by atoms with Crippen molar-refractivity contribution in [3.8, 4) is 0 Å². The van der Waals surface area contributed by atoms with Crippen LogP contribution in [0.4, 0.5) is 0 Å². The lowest BCUT2D eigenvalue weighted by Crippen LogP contribution is -2.03. The molecule has 0 atom stereocenters. The largest absolute Gasteiger partial charge is 0.356 e. The summed E-state index contributed by atoms with van der Waals surface area (Å²) >= 11 is 0. The molecule has 3 rings (SSSR count). The van der Waals surface area contributed by atoms with E-state index in [9.17, 15) is 0 Å². The molecule has 0 radical (unpaired) electrons.